The van der Waals surface area contributed by atoms with Crippen LogP contribution in [0.25, 0.3) is 0 Å². The Morgan fingerprint density at radius 1 is 0.509 bits per heavy atom. The average Bonchev–Trinajstić information content (AvgIpc) is 3.18. The molecule has 55 heavy (non-hydrogen) atoms. The van der Waals surface area contributed by atoms with Crippen LogP contribution in [0, 0.1) is 0 Å². The fourth-order valence-corrected chi connectivity index (χ4v) is 8.20. The molecular formula is C46H91NO8. The summed E-state index contributed by atoms with van der Waals surface area (Å²) < 4.78 is 5.61. The van der Waals surface area contributed by atoms with E-state index in [2.05, 4.69) is 19.2 Å². The monoisotopic (exact) mass is 786 g/mol. The maximum atomic E-state index is 13.1. The van der Waals surface area contributed by atoms with Crippen LogP contribution in [-0.4, -0.2) is 91.9 Å². The predicted octanol–water partition coefficient (Wildman–Crippen LogP) is 9.34. The molecule has 8 atom stereocenters. The molecule has 1 fully saturated rings. The lowest BCUT2D eigenvalue weighted by atomic mass is 9.87. The zero-order valence-corrected chi connectivity index (χ0v) is 35.9. The van der Waals surface area contributed by atoms with Crippen molar-refractivity contribution in [2.24, 2.45) is 0 Å². The van der Waals surface area contributed by atoms with Crippen molar-refractivity contribution in [3.05, 3.63) is 0 Å². The molecule has 0 bridgehead atoms. The van der Waals surface area contributed by atoms with Gasteiger partial charge < -0.3 is 40.7 Å². The second-order valence-electron chi connectivity index (χ2n) is 17.1. The van der Waals surface area contributed by atoms with Crippen LogP contribution in [0.3, 0.4) is 0 Å². The van der Waals surface area contributed by atoms with E-state index in [1.807, 2.05) is 0 Å². The minimum absolute atomic E-state index is 0.266. The second kappa shape index (κ2) is 36.3. The highest BCUT2D eigenvalue weighted by Gasteiger charge is 2.48. The van der Waals surface area contributed by atoms with E-state index in [1.54, 1.807) is 0 Å². The number of hydrogen-bond acceptors (Lipinski definition) is 8. The molecule has 0 aromatic rings. The van der Waals surface area contributed by atoms with Gasteiger partial charge in [-0.2, -0.15) is 0 Å². The molecule has 1 amide bonds. The molecule has 1 heterocycles. The molecule has 7 N–H and O–H groups in total. The first kappa shape index (κ1) is 52.2. The van der Waals surface area contributed by atoms with Gasteiger partial charge in [-0.1, -0.05) is 213 Å². The number of aliphatic hydroxyl groups excluding tert-OH is 6. The van der Waals surface area contributed by atoms with E-state index in [1.165, 1.54) is 154 Å². The molecule has 328 valence electrons. The summed E-state index contributed by atoms with van der Waals surface area (Å²) in [4.78, 5) is 13.1. The van der Waals surface area contributed by atoms with Crippen molar-refractivity contribution in [1.82, 2.24) is 5.32 Å². The van der Waals surface area contributed by atoms with E-state index in [0.717, 1.165) is 44.9 Å². The van der Waals surface area contributed by atoms with Crippen molar-refractivity contribution in [3.63, 3.8) is 0 Å². The molecule has 0 aromatic carbocycles. The normalized spacial score (nSPS) is 21.8. The molecule has 1 rings (SSSR count). The molecule has 0 aliphatic carbocycles. The van der Waals surface area contributed by atoms with Crippen LogP contribution in [0.5, 0.6) is 0 Å². The van der Waals surface area contributed by atoms with Crippen LogP contribution in [0.1, 0.15) is 232 Å². The van der Waals surface area contributed by atoms with Gasteiger partial charge in [-0.05, 0) is 12.8 Å². The number of ether oxygens (including phenoxy) is 1. The third kappa shape index (κ3) is 26.0. The summed E-state index contributed by atoms with van der Waals surface area (Å²) in [6, 6.07) is -1.13. The van der Waals surface area contributed by atoms with Gasteiger partial charge in [-0.15, -0.1) is 0 Å². The molecule has 0 saturated carbocycles. The number of nitrogens with one attached hydrogen (secondary N) is 1. The Morgan fingerprint density at radius 2 is 0.855 bits per heavy atom. The van der Waals surface area contributed by atoms with E-state index in [0.29, 0.717) is 12.8 Å². The number of unbranched alkanes of at least 4 members (excludes halogenated alkanes) is 30. The summed E-state index contributed by atoms with van der Waals surface area (Å²) >= 11 is 0. The number of rotatable bonds is 39. The van der Waals surface area contributed by atoms with Gasteiger partial charge in [0.2, 0.25) is 5.91 Å². The average molecular weight is 786 g/mol. The molecule has 0 spiro atoms. The number of carbonyl (C=O) groups excluding carboxylic acids is 1. The number of hydrogen-bond donors (Lipinski definition) is 7. The Morgan fingerprint density at radius 3 is 1.22 bits per heavy atom. The Hall–Kier alpha value is -0.810. The van der Waals surface area contributed by atoms with Gasteiger partial charge in [0.05, 0.1) is 18.8 Å². The minimum atomic E-state index is -1.66. The lowest BCUT2D eigenvalue weighted by molar-refractivity contribution is -0.253. The largest absolute Gasteiger partial charge is 0.394 e. The fourth-order valence-electron chi connectivity index (χ4n) is 8.20. The van der Waals surface area contributed by atoms with Crippen molar-refractivity contribution < 1.29 is 40.2 Å². The highest BCUT2D eigenvalue weighted by molar-refractivity contribution is 5.76. The topological polar surface area (TPSA) is 160 Å². The molecule has 3 unspecified atom stereocenters. The van der Waals surface area contributed by atoms with Crippen LogP contribution in [0.2, 0.25) is 0 Å². The molecule has 0 aromatic heterocycles. The number of aliphatic hydroxyl groups is 6. The smallest absolute Gasteiger partial charge is 0.220 e. The van der Waals surface area contributed by atoms with Gasteiger partial charge in [0.1, 0.15) is 36.6 Å². The molecule has 1 aliphatic heterocycles. The van der Waals surface area contributed by atoms with Crippen LogP contribution in [-0.2, 0) is 9.53 Å². The molecule has 9 nitrogen and oxygen atoms in total. The zero-order chi connectivity index (χ0) is 40.4. The van der Waals surface area contributed by atoms with Gasteiger partial charge in [0.25, 0.3) is 0 Å². The predicted molar refractivity (Wildman–Crippen MR) is 226 cm³/mol. The summed E-state index contributed by atoms with van der Waals surface area (Å²) in [6.45, 7) is 3.90. The van der Waals surface area contributed by atoms with Gasteiger partial charge in [-0.3, -0.25) is 4.79 Å². The lowest BCUT2D eigenvalue weighted by Crippen LogP contribution is -2.66. The zero-order valence-electron chi connectivity index (χ0n) is 35.9. The van der Waals surface area contributed by atoms with Crippen molar-refractivity contribution in [3.8, 4) is 0 Å². The number of amides is 1. The highest BCUT2D eigenvalue weighted by Crippen LogP contribution is 2.26. The molecule has 0 radical (unpaired) electrons. The van der Waals surface area contributed by atoms with Crippen LogP contribution in [0.15, 0.2) is 0 Å². The van der Waals surface area contributed by atoms with Crippen LogP contribution >= 0.6 is 0 Å². The van der Waals surface area contributed by atoms with Crippen molar-refractivity contribution in [1.29, 1.82) is 0 Å². The van der Waals surface area contributed by atoms with E-state index in [9.17, 15) is 35.4 Å². The van der Waals surface area contributed by atoms with Gasteiger partial charge in [-0.25, -0.2) is 0 Å². The fraction of sp³-hybridized carbons (Fsp3) is 0.978. The van der Waals surface area contributed by atoms with Crippen molar-refractivity contribution in [2.45, 2.75) is 281 Å². The highest BCUT2D eigenvalue weighted by atomic mass is 16.6. The Kier molecular flexibility index (Phi) is 34.4. The van der Waals surface area contributed by atoms with Crippen LogP contribution < -0.4 is 5.32 Å². The van der Waals surface area contributed by atoms with Crippen LogP contribution in [0.4, 0.5) is 0 Å². The number of carbonyl (C=O) groups is 1. The summed E-state index contributed by atoms with van der Waals surface area (Å²) in [5.74, 6) is -0.287. The van der Waals surface area contributed by atoms with Gasteiger partial charge in [0, 0.05) is 6.42 Å². The second-order valence-corrected chi connectivity index (χ2v) is 17.1. The first-order chi connectivity index (χ1) is 26.8. The quantitative estimate of drug-likeness (QED) is 0.0304. The SMILES string of the molecule is CCCCCCCCCCCCCCCCCCCCCC(=O)NC(C(O)CCCCCCCCCCCCCCC)C(O)[C@@H]1O[C@H](CO)[C@H](O)[C@H](O)[C@H]1O. The van der Waals surface area contributed by atoms with E-state index in [4.69, 9.17) is 4.74 Å². The van der Waals surface area contributed by atoms with Crippen molar-refractivity contribution in [2.75, 3.05) is 6.61 Å². The molecule has 9 heteroatoms. The Balaban J connectivity index is 2.34. The maximum absolute atomic E-state index is 13.1. The maximum Gasteiger partial charge on any atom is 0.220 e. The van der Waals surface area contributed by atoms with E-state index in [-0.39, 0.29) is 12.3 Å². The first-order valence-electron chi connectivity index (χ1n) is 23.7. The lowest BCUT2D eigenvalue weighted by Gasteiger charge is -2.44. The Bertz CT molecular complexity index is 847. The van der Waals surface area contributed by atoms with Crippen molar-refractivity contribution >= 4 is 5.91 Å². The Labute approximate surface area is 338 Å². The molecule has 1 saturated heterocycles. The minimum Gasteiger partial charge on any atom is -0.394 e. The third-order valence-corrected chi connectivity index (χ3v) is 12.0. The van der Waals surface area contributed by atoms with Gasteiger partial charge >= 0.3 is 0 Å². The standard InChI is InChI=1S/C46H91NO8/c1-3-5-7-9-11-13-15-17-18-19-20-21-22-24-26-28-30-32-34-36-40(50)47-41(43(52)46-45(54)44(53)42(51)39(37-48)55-46)38(49)35-33-31-29-27-25-23-16-14-12-10-8-6-4-2/h38-39,41-46,48-49,51-54H,3-37H2,1-2H3,(H,47,50)/t38?,39-,41?,42+,43?,44+,45-,46+/m1/s1. The summed E-state index contributed by atoms with van der Waals surface area (Å²) in [6.07, 6.45) is 30.4. The third-order valence-electron chi connectivity index (χ3n) is 12.0. The molecule has 1 aliphatic rings. The van der Waals surface area contributed by atoms with E-state index >= 15 is 0 Å². The first-order valence-corrected chi connectivity index (χ1v) is 23.7. The summed E-state index contributed by atoms with van der Waals surface area (Å²) in [5, 5.41) is 66.3. The molecular weight excluding hydrogens is 695 g/mol. The summed E-state index contributed by atoms with van der Waals surface area (Å²) in [7, 11) is 0. The van der Waals surface area contributed by atoms with E-state index < -0.39 is 55.4 Å². The van der Waals surface area contributed by atoms with Gasteiger partial charge in [0.15, 0.2) is 0 Å². The summed E-state index contributed by atoms with van der Waals surface area (Å²) in [5.41, 5.74) is 0.